The number of urea groups is 1. The van der Waals surface area contributed by atoms with Crippen LogP contribution >= 0.6 is 23.2 Å². The average molecular weight is 421 g/mol. The predicted octanol–water partition coefficient (Wildman–Crippen LogP) is 4.23. The van der Waals surface area contributed by atoms with Gasteiger partial charge < -0.3 is 15.7 Å². The highest BCUT2D eigenvalue weighted by Gasteiger charge is 2.64. The summed E-state index contributed by atoms with van der Waals surface area (Å²) < 4.78 is 41.1. The number of hydrogen-bond donors (Lipinski definition) is 3. The van der Waals surface area contributed by atoms with Crippen LogP contribution in [-0.2, 0) is 6.54 Å². The molecule has 0 bridgehead atoms. The summed E-state index contributed by atoms with van der Waals surface area (Å²) in [5.74, 6) is -5.54. The van der Waals surface area contributed by atoms with Crippen LogP contribution in [0.25, 0.3) is 0 Å². The van der Waals surface area contributed by atoms with Gasteiger partial charge in [-0.2, -0.15) is 0 Å². The topological polar surface area (TPSA) is 61.4 Å². The van der Waals surface area contributed by atoms with Gasteiger partial charge in [-0.1, -0.05) is 41.4 Å². The van der Waals surface area contributed by atoms with Crippen molar-refractivity contribution in [2.24, 2.45) is 11.8 Å². The Labute approximate surface area is 164 Å². The van der Waals surface area contributed by atoms with Crippen molar-refractivity contribution in [1.29, 1.82) is 0 Å². The van der Waals surface area contributed by atoms with Crippen molar-refractivity contribution < 1.29 is 23.1 Å². The minimum Gasteiger partial charge on any atom is -0.383 e. The Hall–Kier alpha value is -1.70. The van der Waals surface area contributed by atoms with Gasteiger partial charge >= 0.3 is 6.03 Å². The van der Waals surface area contributed by atoms with Crippen LogP contribution in [0.2, 0.25) is 0 Å². The molecule has 27 heavy (non-hydrogen) atoms. The van der Waals surface area contributed by atoms with E-state index in [9.17, 15) is 23.1 Å². The van der Waals surface area contributed by atoms with Gasteiger partial charge in [0, 0.05) is 29.8 Å². The van der Waals surface area contributed by atoms with Crippen LogP contribution < -0.4 is 10.6 Å². The molecule has 0 saturated heterocycles. The van der Waals surface area contributed by atoms with Gasteiger partial charge in [0.15, 0.2) is 0 Å². The van der Waals surface area contributed by atoms with Crippen LogP contribution in [-0.4, -0.2) is 22.7 Å². The maximum Gasteiger partial charge on any atom is 0.319 e. The molecule has 2 aliphatic carbocycles. The molecule has 1 aromatic rings. The molecule has 2 amide bonds. The van der Waals surface area contributed by atoms with E-state index in [0.29, 0.717) is 5.56 Å². The van der Waals surface area contributed by atoms with E-state index in [-0.39, 0.29) is 22.3 Å². The lowest BCUT2D eigenvalue weighted by atomic mass is 9.83. The number of benzene rings is 1. The van der Waals surface area contributed by atoms with Crippen molar-refractivity contribution >= 4 is 29.2 Å². The quantitative estimate of drug-likeness (QED) is 0.684. The standard InChI is InChI=1S/C18H17Cl2F3N2O2/c1-17(27)12-6-13(19)15(14(20)11(12)7-18(17,22)23)25-16(26)24-8-9-2-4-10(21)5-3-9/h2-6,11-12,27H,7-8H2,1H3,(H2,24,25,26). The first kappa shape index (κ1) is 20.0. The number of allylic oxidation sites excluding steroid dienone is 2. The Balaban J connectivity index is 1.71. The fourth-order valence-corrected chi connectivity index (χ4v) is 4.07. The zero-order valence-corrected chi connectivity index (χ0v) is 15.7. The number of carbonyl (C=O) groups excluding carboxylic acids is 1. The van der Waals surface area contributed by atoms with Gasteiger partial charge in [-0.15, -0.1) is 0 Å². The van der Waals surface area contributed by atoms with E-state index >= 15 is 0 Å². The van der Waals surface area contributed by atoms with Crippen molar-refractivity contribution in [2.75, 3.05) is 0 Å². The molecule has 1 saturated carbocycles. The largest absolute Gasteiger partial charge is 0.383 e. The number of rotatable bonds is 3. The van der Waals surface area contributed by atoms with Crippen LogP contribution in [0.4, 0.5) is 18.0 Å². The van der Waals surface area contributed by atoms with Gasteiger partial charge in [0.05, 0.1) is 10.7 Å². The Morgan fingerprint density at radius 2 is 1.93 bits per heavy atom. The second-order valence-corrected chi connectivity index (χ2v) is 7.67. The number of fused-ring (bicyclic) bond motifs is 1. The van der Waals surface area contributed by atoms with Gasteiger partial charge in [-0.05, 0) is 24.6 Å². The number of alkyl halides is 2. The van der Waals surface area contributed by atoms with E-state index in [0.717, 1.165) is 6.92 Å². The van der Waals surface area contributed by atoms with E-state index in [4.69, 9.17) is 23.2 Å². The molecule has 0 aliphatic heterocycles. The second-order valence-electron chi connectivity index (χ2n) is 6.86. The molecule has 0 radical (unpaired) electrons. The second kappa shape index (κ2) is 7.04. The highest BCUT2D eigenvalue weighted by Crippen LogP contribution is 2.57. The summed E-state index contributed by atoms with van der Waals surface area (Å²) in [6.45, 7) is 1.17. The Morgan fingerprint density at radius 1 is 1.30 bits per heavy atom. The molecule has 0 heterocycles. The van der Waals surface area contributed by atoms with E-state index in [1.807, 2.05) is 0 Å². The summed E-state index contributed by atoms with van der Waals surface area (Å²) in [6.07, 6.45) is 0.654. The van der Waals surface area contributed by atoms with Gasteiger partial charge in [0.25, 0.3) is 5.92 Å². The monoisotopic (exact) mass is 420 g/mol. The lowest BCUT2D eigenvalue weighted by molar-refractivity contribution is -0.159. The smallest absolute Gasteiger partial charge is 0.319 e. The van der Waals surface area contributed by atoms with Crippen LogP contribution in [0.1, 0.15) is 18.9 Å². The summed E-state index contributed by atoms with van der Waals surface area (Å²) in [5.41, 5.74) is -1.58. The van der Waals surface area contributed by atoms with Crippen LogP contribution in [0.3, 0.4) is 0 Å². The number of nitrogens with one attached hydrogen (secondary N) is 2. The lowest BCUT2D eigenvalue weighted by Crippen LogP contribution is -2.45. The summed E-state index contributed by atoms with van der Waals surface area (Å²) in [5, 5.41) is 15.2. The fourth-order valence-electron chi connectivity index (χ4n) is 3.37. The first-order valence-corrected chi connectivity index (χ1v) is 8.95. The molecule has 3 unspecified atom stereocenters. The van der Waals surface area contributed by atoms with E-state index in [1.165, 1.54) is 30.3 Å². The highest BCUT2D eigenvalue weighted by atomic mass is 35.5. The van der Waals surface area contributed by atoms with Crippen molar-refractivity contribution in [1.82, 2.24) is 10.6 Å². The van der Waals surface area contributed by atoms with Gasteiger partial charge in [-0.25, -0.2) is 18.0 Å². The molecular formula is C18H17Cl2F3N2O2. The fraction of sp³-hybridized carbons (Fsp3) is 0.389. The maximum atomic E-state index is 14.1. The Kier molecular flexibility index (Phi) is 5.22. The van der Waals surface area contributed by atoms with Crippen LogP contribution in [0.5, 0.6) is 0 Å². The van der Waals surface area contributed by atoms with Crippen molar-refractivity contribution in [3.05, 3.63) is 57.5 Å². The van der Waals surface area contributed by atoms with Gasteiger partial charge in [0.2, 0.25) is 0 Å². The van der Waals surface area contributed by atoms with Crippen molar-refractivity contribution in [3.63, 3.8) is 0 Å². The van der Waals surface area contributed by atoms with Gasteiger partial charge in [-0.3, -0.25) is 0 Å². The summed E-state index contributed by atoms with van der Waals surface area (Å²) in [6, 6.07) is 4.92. The molecule has 1 aromatic carbocycles. The molecular weight excluding hydrogens is 404 g/mol. The zero-order valence-electron chi connectivity index (χ0n) is 14.2. The summed E-state index contributed by atoms with van der Waals surface area (Å²) >= 11 is 12.4. The average Bonchev–Trinajstić information content (AvgIpc) is 2.77. The molecule has 1 fully saturated rings. The minimum atomic E-state index is -3.34. The normalized spacial score (nSPS) is 29.2. The SMILES string of the molecule is CC1(O)C2C=C(Cl)C(NC(=O)NCc3ccc(F)cc3)=C(Cl)C2CC1(F)F. The first-order chi connectivity index (χ1) is 12.5. The summed E-state index contributed by atoms with van der Waals surface area (Å²) in [4.78, 5) is 12.1. The van der Waals surface area contributed by atoms with Crippen molar-refractivity contribution in [2.45, 2.75) is 31.4 Å². The zero-order chi connectivity index (χ0) is 20.0. The third-order valence-corrected chi connectivity index (χ3v) is 5.82. The number of hydrogen-bond acceptors (Lipinski definition) is 2. The summed E-state index contributed by atoms with van der Waals surface area (Å²) in [7, 11) is 0. The molecule has 9 heteroatoms. The number of carbonyl (C=O) groups is 1. The Bertz CT molecular complexity index is 822. The molecule has 3 N–H and O–H groups in total. The van der Waals surface area contributed by atoms with E-state index in [1.54, 1.807) is 0 Å². The highest BCUT2D eigenvalue weighted by molar-refractivity contribution is 6.36. The number of amides is 2. The van der Waals surface area contributed by atoms with Crippen LogP contribution in [0, 0.1) is 17.7 Å². The lowest BCUT2D eigenvalue weighted by Gasteiger charge is -2.32. The van der Waals surface area contributed by atoms with Gasteiger partial charge in [0.1, 0.15) is 11.4 Å². The number of aliphatic hydroxyl groups is 1. The minimum absolute atomic E-state index is 0.0174. The maximum absolute atomic E-state index is 14.1. The molecule has 0 spiro atoms. The van der Waals surface area contributed by atoms with E-state index < -0.39 is 41.6 Å². The third kappa shape index (κ3) is 3.68. The molecule has 0 aromatic heterocycles. The predicted molar refractivity (Wildman–Crippen MR) is 95.8 cm³/mol. The van der Waals surface area contributed by atoms with Crippen molar-refractivity contribution in [3.8, 4) is 0 Å². The molecule has 3 rings (SSSR count). The molecule has 146 valence electrons. The molecule has 4 nitrogen and oxygen atoms in total. The van der Waals surface area contributed by atoms with Crippen LogP contribution in [0.15, 0.2) is 46.1 Å². The van der Waals surface area contributed by atoms with E-state index in [2.05, 4.69) is 10.6 Å². The molecule has 3 atom stereocenters. The number of halogens is 5. The first-order valence-electron chi connectivity index (χ1n) is 8.20. The molecule has 2 aliphatic rings. The Morgan fingerprint density at radius 3 is 2.56 bits per heavy atom. The third-order valence-electron chi connectivity index (χ3n) is 5.03.